The van der Waals surface area contributed by atoms with Gasteiger partial charge in [-0.2, -0.15) is 0 Å². The Balaban J connectivity index is 1.53. The maximum atomic E-state index is 13.1. The maximum Gasteiger partial charge on any atom is 0.255 e. The number of para-hydroxylation sites is 1. The Labute approximate surface area is 209 Å². The van der Waals surface area contributed by atoms with Crippen LogP contribution in [0, 0.1) is 0 Å². The highest BCUT2D eigenvalue weighted by Crippen LogP contribution is 2.33. The third-order valence-electron chi connectivity index (χ3n) is 5.14. The molecular weight excluding hydrogens is 466 g/mol. The molecule has 0 aromatic heterocycles. The predicted molar refractivity (Wildman–Crippen MR) is 136 cm³/mol. The van der Waals surface area contributed by atoms with Gasteiger partial charge in [0.05, 0.1) is 19.9 Å². The molecule has 0 spiro atoms. The van der Waals surface area contributed by atoms with Crippen LogP contribution in [-0.4, -0.2) is 20.1 Å². The number of nitrogens with one attached hydrogen (secondary N) is 1. The summed E-state index contributed by atoms with van der Waals surface area (Å²) in [5.41, 5.74) is 1.60. The first-order chi connectivity index (χ1) is 17.1. The third-order valence-corrected chi connectivity index (χ3v) is 5.37. The van der Waals surface area contributed by atoms with Crippen molar-refractivity contribution in [2.45, 2.75) is 6.61 Å². The van der Waals surface area contributed by atoms with Crippen LogP contribution in [0.25, 0.3) is 0 Å². The molecule has 0 aliphatic rings. The number of hydrogen-bond donors (Lipinski definition) is 1. The molecule has 178 valence electrons. The molecule has 0 heterocycles. The molecule has 4 rings (SSSR count). The molecule has 0 saturated heterocycles. The third kappa shape index (κ3) is 6.25. The maximum absolute atomic E-state index is 13.1. The lowest BCUT2D eigenvalue weighted by Crippen LogP contribution is -2.13. The van der Waals surface area contributed by atoms with Crippen LogP contribution >= 0.6 is 11.6 Å². The molecule has 0 aliphatic heterocycles. The summed E-state index contributed by atoms with van der Waals surface area (Å²) in [5.74, 6) is 2.74. The molecule has 0 atom stereocenters. The van der Waals surface area contributed by atoms with Gasteiger partial charge in [-0.05, 0) is 60.7 Å². The molecule has 1 amide bonds. The van der Waals surface area contributed by atoms with Gasteiger partial charge in [0.25, 0.3) is 5.91 Å². The summed E-state index contributed by atoms with van der Waals surface area (Å²) < 4.78 is 22.5. The number of methoxy groups -OCH3 is 2. The minimum atomic E-state index is -0.324. The average molecular weight is 490 g/mol. The van der Waals surface area contributed by atoms with E-state index in [9.17, 15) is 4.79 Å². The van der Waals surface area contributed by atoms with Gasteiger partial charge in [0.2, 0.25) is 0 Å². The Kier molecular flexibility index (Phi) is 7.75. The largest absolute Gasteiger partial charge is 0.497 e. The average Bonchev–Trinajstić information content (AvgIpc) is 2.89. The van der Waals surface area contributed by atoms with Crippen LogP contribution in [0.2, 0.25) is 5.02 Å². The highest BCUT2D eigenvalue weighted by molar-refractivity contribution is 6.31. The molecule has 1 N–H and O–H groups in total. The molecule has 7 heteroatoms. The normalized spacial score (nSPS) is 10.4. The zero-order valence-corrected chi connectivity index (χ0v) is 20.0. The van der Waals surface area contributed by atoms with Gasteiger partial charge in [0.1, 0.15) is 29.6 Å². The van der Waals surface area contributed by atoms with Crippen molar-refractivity contribution in [3.63, 3.8) is 0 Å². The smallest absolute Gasteiger partial charge is 0.255 e. The van der Waals surface area contributed by atoms with Crippen molar-refractivity contribution in [2.75, 3.05) is 19.5 Å². The van der Waals surface area contributed by atoms with Gasteiger partial charge in [-0.25, -0.2) is 0 Å². The van der Waals surface area contributed by atoms with Gasteiger partial charge >= 0.3 is 0 Å². The fourth-order valence-corrected chi connectivity index (χ4v) is 3.56. The van der Waals surface area contributed by atoms with E-state index in [1.54, 1.807) is 56.7 Å². The second-order valence-corrected chi connectivity index (χ2v) is 7.94. The van der Waals surface area contributed by atoms with E-state index in [4.69, 9.17) is 30.5 Å². The summed E-state index contributed by atoms with van der Waals surface area (Å²) >= 11 is 6.19. The Morgan fingerprint density at radius 3 is 2.29 bits per heavy atom. The summed E-state index contributed by atoms with van der Waals surface area (Å²) in [6.07, 6.45) is 0. The van der Waals surface area contributed by atoms with Gasteiger partial charge in [0.15, 0.2) is 5.75 Å². The van der Waals surface area contributed by atoms with E-state index >= 15 is 0 Å². The monoisotopic (exact) mass is 489 g/mol. The number of hydrogen-bond acceptors (Lipinski definition) is 5. The first-order valence-electron chi connectivity index (χ1n) is 10.8. The molecule has 0 fully saturated rings. The van der Waals surface area contributed by atoms with E-state index < -0.39 is 0 Å². The van der Waals surface area contributed by atoms with Crippen molar-refractivity contribution in [2.24, 2.45) is 0 Å². The molecular formula is C28H24ClNO5. The van der Waals surface area contributed by atoms with Crippen LogP contribution < -0.4 is 24.3 Å². The molecule has 0 saturated carbocycles. The van der Waals surface area contributed by atoms with Crippen molar-refractivity contribution < 1.29 is 23.7 Å². The number of carbonyl (C=O) groups excluding carboxylic acids is 1. The number of amides is 1. The summed E-state index contributed by atoms with van der Waals surface area (Å²) in [5, 5.41) is 3.37. The van der Waals surface area contributed by atoms with Gasteiger partial charge in [-0.15, -0.1) is 0 Å². The quantitative estimate of drug-likeness (QED) is 0.274. The Morgan fingerprint density at radius 1 is 0.771 bits per heavy atom. The van der Waals surface area contributed by atoms with E-state index in [1.165, 1.54) is 0 Å². The van der Waals surface area contributed by atoms with Crippen molar-refractivity contribution in [1.29, 1.82) is 0 Å². The van der Waals surface area contributed by atoms with Gasteiger partial charge in [-0.1, -0.05) is 35.9 Å². The van der Waals surface area contributed by atoms with Crippen LogP contribution in [-0.2, 0) is 6.61 Å². The van der Waals surface area contributed by atoms with Crippen molar-refractivity contribution in [1.82, 2.24) is 0 Å². The zero-order valence-electron chi connectivity index (χ0n) is 19.3. The topological polar surface area (TPSA) is 66.0 Å². The minimum absolute atomic E-state index is 0.205. The van der Waals surface area contributed by atoms with Crippen LogP contribution in [0.1, 0.15) is 15.9 Å². The zero-order chi connectivity index (χ0) is 24.6. The van der Waals surface area contributed by atoms with E-state index in [0.717, 1.165) is 5.56 Å². The van der Waals surface area contributed by atoms with E-state index in [-0.39, 0.29) is 12.5 Å². The predicted octanol–water partition coefficient (Wildman–Crippen LogP) is 6.98. The Bertz CT molecular complexity index is 1310. The molecule has 35 heavy (non-hydrogen) atoms. The van der Waals surface area contributed by atoms with Gasteiger partial charge in [-0.3, -0.25) is 4.79 Å². The van der Waals surface area contributed by atoms with Crippen molar-refractivity contribution in [3.05, 3.63) is 107 Å². The highest BCUT2D eigenvalue weighted by atomic mass is 35.5. The van der Waals surface area contributed by atoms with Gasteiger partial charge < -0.3 is 24.3 Å². The minimum Gasteiger partial charge on any atom is -0.497 e. The Morgan fingerprint density at radius 2 is 1.51 bits per heavy atom. The number of benzene rings is 4. The SMILES string of the molecule is COc1cccc(OCc2cc(C(=O)Nc3cc(Cl)ccc3Oc3ccccc3)ccc2OC)c1. The lowest BCUT2D eigenvalue weighted by atomic mass is 10.1. The van der Waals surface area contributed by atoms with Crippen LogP contribution in [0.4, 0.5) is 5.69 Å². The Hall–Kier alpha value is -4.16. The lowest BCUT2D eigenvalue weighted by molar-refractivity contribution is 0.102. The first-order valence-corrected chi connectivity index (χ1v) is 11.2. The first kappa shape index (κ1) is 24.0. The standard InChI is InChI=1S/C28H24ClNO5/c1-32-23-9-6-10-24(17-23)34-18-20-15-19(11-13-26(20)33-2)28(31)30-25-16-21(29)12-14-27(25)35-22-7-4-3-5-8-22/h3-17H,18H2,1-2H3,(H,30,31). The number of ether oxygens (including phenoxy) is 4. The second kappa shape index (κ2) is 11.3. The van der Waals surface area contributed by atoms with E-state index in [2.05, 4.69) is 5.32 Å². The number of anilines is 1. The van der Waals surface area contributed by atoms with Crippen LogP contribution in [0.5, 0.6) is 28.7 Å². The summed E-state index contributed by atoms with van der Waals surface area (Å²) in [6.45, 7) is 0.205. The van der Waals surface area contributed by atoms with Crippen LogP contribution in [0.15, 0.2) is 91.0 Å². The molecule has 0 radical (unpaired) electrons. The van der Waals surface area contributed by atoms with Crippen molar-refractivity contribution >= 4 is 23.2 Å². The number of carbonyl (C=O) groups is 1. The molecule has 0 unspecified atom stereocenters. The highest BCUT2D eigenvalue weighted by Gasteiger charge is 2.15. The summed E-state index contributed by atoms with van der Waals surface area (Å²) in [6, 6.07) is 26.8. The fourth-order valence-electron chi connectivity index (χ4n) is 3.38. The number of halogens is 1. The number of rotatable bonds is 9. The van der Waals surface area contributed by atoms with E-state index in [0.29, 0.717) is 45.0 Å². The lowest BCUT2D eigenvalue weighted by Gasteiger charge is -2.15. The summed E-state index contributed by atoms with van der Waals surface area (Å²) in [4.78, 5) is 13.1. The second-order valence-electron chi connectivity index (χ2n) is 7.50. The fraction of sp³-hybridized carbons (Fsp3) is 0.107. The molecule has 4 aromatic rings. The molecule has 0 bridgehead atoms. The van der Waals surface area contributed by atoms with Crippen LogP contribution in [0.3, 0.4) is 0 Å². The molecule has 0 aliphatic carbocycles. The molecule has 6 nitrogen and oxygen atoms in total. The van der Waals surface area contributed by atoms with E-state index in [1.807, 2.05) is 48.5 Å². The van der Waals surface area contributed by atoms with Crippen molar-refractivity contribution in [3.8, 4) is 28.7 Å². The summed E-state index contributed by atoms with van der Waals surface area (Å²) in [7, 11) is 3.17. The van der Waals surface area contributed by atoms with Gasteiger partial charge in [0, 0.05) is 22.2 Å². The molecule has 4 aromatic carbocycles.